The van der Waals surface area contributed by atoms with E-state index in [2.05, 4.69) is 66.7 Å². The summed E-state index contributed by atoms with van der Waals surface area (Å²) in [5.41, 5.74) is 4.80. The molecule has 0 radical (unpaired) electrons. The van der Waals surface area contributed by atoms with Gasteiger partial charge in [0.05, 0.1) is 10.2 Å². The SMILES string of the molecule is Cc1ccc(SCCCC(=O)Nc2sc3c(c2-c2nc4ccccc4s2)CCN(C)C3)cc1.Cl. The average molecular weight is 530 g/mol. The molecule has 2 aromatic carbocycles. The van der Waals surface area contributed by atoms with E-state index in [1.54, 1.807) is 22.7 Å². The quantitative estimate of drug-likeness (QED) is 0.202. The van der Waals surface area contributed by atoms with Crippen molar-refractivity contribution in [2.45, 2.75) is 37.6 Å². The molecule has 0 bridgehead atoms. The zero-order chi connectivity index (χ0) is 22.8. The van der Waals surface area contributed by atoms with Gasteiger partial charge in [-0.25, -0.2) is 4.98 Å². The van der Waals surface area contributed by atoms with Crippen LogP contribution in [0.2, 0.25) is 0 Å². The Hall–Kier alpha value is -1.90. The molecule has 1 amide bonds. The highest BCUT2D eigenvalue weighted by Gasteiger charge is 2.26. The fourth-order valence-corrected chi connectivity index (χ4v) is 7.38. The minimum absolute atomic E-state index is 0. The number of carbonyl (C=O) groups is 1. The maximum absolute atomic E-state index is 12.9. The number of thioether (sulfide) groups is 1. The molecule has 4 nitrogen and oxygen atoms in total. The summed E-state index contributed by atoms with van der Waals surface area (Å²) in [6, 6.07) is 16.8. The van der Waals surface area contributed by atoms with E-state index in [9.17, 15) is 4.79 Å². The van der Waals surface area contributed by atoms with Gasteiger partial charge >= 0.3 is 0 Å². The first-order valence-electron chi connectivity index (χ1n) is 11.2. The number of para-hydroxylation sites is 1. The molecule has 3 heterocycles. The lowest BCUT2D eigenvalue weighted by Crippen LogP contribution is -2.25. The molecule has 34 heavy (non-hydrogen) atoms. The Kier molecular flexibility index (Phi) is 8.32. The molecule has 0 saturated carbocycles. The Labute approximate surface area is 219 Å². The minimum atomic E-state index is 0. The lowest BCUT2D eigenvalue weighted by atomic mass is 10.0. The van der Waals surface area contributed by atoms with E-state index < -0.39 is 0 Å². The summed E-state index contributed by atoms with van der Waals surface area (Å²) in [5.74, 6) is 1.03. The van der Waals surface area contributed by atoms with Gasteiger partial charge in [-0.3, -0.25) is 4.79 Å². The van der Waals surface area contributed by atoms with Crippen molar-refractivity contribution in [1.82, 2.24) is 9.88 Å². The molecule has 4 aromatic rings. The number of thiazole rings is 1. The van der Waals surface area contributed by atoms with Crippen LogP contribution in [0, 0.1) is 6.92 Å². The predicted molar refractivity (Wildman–Crippen MR) is 150 cm³/mol. The number of halogens is 1. The number of rotatable bonds is 7. The molecule has 1 N–H and O–H groups in total. The third kappa shape index (κ3) is 5.66. The van der Waals surface area contributed by atoms with Crippen LogP contribution in [0.5, 0.6) is 0 Å². The number of benzene rings is 2. The number of thiophene rings is 1. The van der Waals surface area contributed by atoms with Gasteiger partial charge in [-0.2, -0.15) is 0 Å². The average Bonchev–Trinajstić information content (AvgIpc) is 3.38. The van der Waals surface area contributed by atoms with E-state index in [0.717, 1.165) is 52.8 Å². The molecule has 0 spiro atoms. The van der Waals surface area contributed by atoms with Crippen molar-refractivity contribution in [3.63, 3.8) is 0 Å². The highest BCUT2D eigenvalue weighted by molar-refractivity contribution is 7.99. The summed E-state index contributed by atoms with van der Waals surface area (Å²) in [4.78, 5) is 22.7. The molecular formula is C26H28ClN3OS3. The first-order valence-corrected chi connectivity index (χ1v) is 13.9. The largest absolute Gasteiger partial charge is 0.317 e. The second-order valence-electron chi connectivity index (χ2n) is 8.50. The Morgan fingerprint density at radius 3 is 2.74 bits per heavy atom. The molecule has 8 heteroatoms. The number of fused-ring (bicyclic) bond motifs is 2. The number of aromatic nitrogens is 1. The second-order valence-corrected chi connectivity index (χ2v) is 11.8. The van der Waals surface area contributed by atoms with Gasteiger partial charge in [0, 0.05) is 34.8 Å². The smallest absolute Gasteiger partial charge is 0.225 e. The highest BCUT2D eigenvalue weighted by Crippen LogP contribution is 2.45. The molecule has 0 saturated heterocycles. The topological polar surface area (TPSA) is 45.2 Å². The maximum atomic E-state index is 12.9. The molecular weight excluding hydrogens is 502 g/mol. The van der Waals surface area contributed by atoms with Crippen LogP contribution >= 0.6 is 46.8 Å². The van der Waals surface area contributed by atoms with Crippen LogP contribution in [0.25, 0.3) is 20.8 Å². The van der Waals surface area contributed by atoms with E-state index in [0.29, 0.717) is 6.42 Å². The van der Waals surface area contributed by atoms with Crippen LogP contribution in [0.15, 0.2) is 53.4 Å². The Morgan fingerprint density at radius 1 is 1.15 bits per heavy atom. The normalized spacial score (nSPS) is 13.5. The summed E-state index contributed by atoms with van der Waals surface area (Å²) >= 11 is 5.25. The van der Waals surface area contributed by atoms with E-state index in [4.69, 9.17) is 4.98 Å². The van der Waals surface area contributed by atoms with Crippen LogP contribution in [0.4, 0.5) is 5.00 Å². The predicted octanol–water partition coefficient (Wildman–Crippen LogP) is 7.25. The number of carbonyl (C=O) groups excluding carboxylic acids is 1. The van der Waals surface area contributed by atoms with Gasteiger partial charge in [0.2, 0.25) is 5.91 Å². The zero-order valence-electron chi connectivity index (χ0n) is 19.3. The number of amides is 1. The van der Waals surface area contributed by atoms with Gasteiger partial charge < -0.3 is 10.2 Å². The number of likely N-dealkylation sites (N-methyl/N-ethyl adjacent to an activating group) is 1. The van der Waals surface area contributed by atoms with Gasteiger partial charge in [0.25, 0.3) is 0 Å². The Balaban J connectivity index is 0.00000274. The number of nitrogens with zero attached hydrogens (tertiary/aromatic N) is 2. The third-order valence-electron chi connectivity index (χ3n) is 5.85. The van der Waals surface area contributed by atoms with E-state index >= 15 is 0 Å². The fourth-order valence-electron chi connectivity index (χ4n) is 4.07. The standard InChI is InChI=1S/C26H27N3OS3.ClH/c1-17-9-11-18(12-10-17)31-15-5-8-23(30)28-26-24(19-13-14-29(2)16-22(19)33-26)25-27-20-6-3-4-7-21(20)32-25;/h3-4,6-7,9-12H,5,8,13-16H2,1-2H3,(H,28,30);1H. The third-order valence-corrected chi connectivity index (χ3v) is 9.13. The maximum Gasteiger partial charge on any atom is 0.225 e. The van der Waals surface area contributed by atoms with Crippen molar-refractivity contribution in [1.29, 1.82) is 0 Å². The number of aryl methyl sites for hydroxylation is 1. The minimum Gasteiger partial charge on any atom is -0.317 e. The fraction of sp³-hybridized carbons (Fsp3) is 0.308. The molecule has 0 fully saturated rings. The van der Waals surface area contributed by atoms with Crippen molar-refractivity contribution >= 4 is 68.0 Å². The van der Waals surface area contributed by atoms with Crippen molar-refractivity contribution in [3.05, 3.63) is 64.5 Å². The van der Waals surface area contributed by atoms with Crippen molar-refractivity contribution < 1.29 is 4.79 Å². The molecule has 0 unspecified atom stereocenters. The molecule has 5 rings (SSSR count). The van der Waals surface area contributed by atoms with Crippen LogP contribution in [-0.4, -0.2) is 35.1 Å². The van der Waals surface area contributed by atoms with Crippen molar-refractivity contribution in [2.24, 2.45) is 0 Å². The summed E-state index contributed by atoms with van der Waals surface area (Å²) in [7, 11) is 2.16. The first-order chi connectivity index (χ1) is 16.1. The van der Waals surface area contributed by atoms with Crippen molar-refractivity contribution in [2.75, 3.05) is 24.7 Å². The van der Waals surface area contributed by atoms with E-state index in [1.807, 2.05) is 17.8 Å². The van der Waals surface area contributed by atoms with Crippen LogP contribution in [-0.2, 0) is 17.8 Å². The molecule has 2 aromatic heterocycles. The van der Waals surface area contributed by atoms with Crippen LogP contribution in [0.3, 0.4) is 0 Å². The number of nitrogens with one attached hydrogen (secondary N) is 1. The zero-order valence-corrected chi connectivity index (χ0v) is 22.6. The molecule has 0 aliphatic carbocycles. The highest BCUT2D eigenvalue weighted by atomic mass is 35.5. The summed E-state index contributed by atoms with van der Waals surface area (Å²) in [6.45, 7) is 4.06. The Bertz CT molecular complexity index is 1250. The molecule has 0 atom stereocenters. The Morgan fingerprint density at radius 2 is 1.94 bits per heavy atom. The van der Waals surface area contributed by atoms with Gasteiger partial charge in [0.15, 0.2) is 0 Å². The summed E-state index contributed by atoms with van der Waals surface area (Å²) in [5, 5.41) is 5.23. The van der Waals surface area contributed by atoms with Crippen molar-refractivity contribution in [3.8, 4) is 10.6 Å². The first kappa shape index (κ1) is 25.2. The number of hydrogen-bond acceptors (Lipinski definition) is 6. The van der Waals surface area contributed by atoms with Crippen LogP contribution in [0.1, 0.15) is 28.8 Å². The van der Waals surface area contributed by atoms with Gasteiger partial charge in [-0.05, 0) is 62.4 Å². The van der Waals surface area contributed by atoms with Gasteiger partial charge in [-0.15, -0.1) is 46.8 Å². The number of hydrogen-bond donors (Lipinski definition) is 1. The van der Waals surface area contributed by atoms with Gasteiger partial charge in [-0.1, -0.05) is 29.8 Å². The number of anilines is 1. The molecule has 1 aliphatic heterocycles. The monoisotopic (exact) mass is 529 g/mol. The van der Waals surface area contributed by atoms with Crippen LogP contribution < -0.4 is 5.32 Å². The summed E-state index contributed by atoms with van der Waals surface area (Å²) in [6.07, 6.45) is 2.38. The lowest BCUT2D eigenvalue weighted by Gasteiger charge is -2.22. The lowest BCUT2D eigenvalue weighted by molar-refractivity contribution is -0.116. The van der Waals surface area contributed by atoms with Gasteiger partial charge in [0.1, 0.15) is 10.0 Å². The molecule has 178 valence electrons. The molecule has 1 aliphatic rings. The van der Waals surface area contributed by atoms with E-state index in [1.165, 1.54) is 25.6 Å². The van der Waals surface area contributed by atoms with E-state index in [-0.39, 0.29) is 18.3 Å². The summed E-state index contributed by atoms with van der Waals surface area (Å²) < 4.78 is 1.19. The second kappa shape index (κ2) is 11.2.